The summed E-state index contributed by atoms with van der Waals surface area (Å²) in [5.74, 6) is -0.816. The number of carbonyl (C=O) groups excluding carboxylic acids is 2. The number of likely N-dealkylation sites (tertiary alicyclic amines) is 1. The molecule has 0 aliphatic carbocycles. The lowest BCUT2D eigenvalue weighted by Crippen LogP contribution is -2.57. The van der Waals surface area contributed by atoms with Crippen molar-refractivity contribution in [3.63, 3.8) is 0 Å². The van der Waals surface area contributed by atoms with Gasteiger partial charge in [-0.3, -0.25) is 19.3 Å². The summed E-state index contributed by atoms with van der Waals surface area (Å²) < 4.78 is 5.70. The van der Waals surface area contributed by atoms with Crippen LogP contribution < -0.4 is 0 Å². The summed E-state index contributed by atoms with van der Waals surface area (Å²) in [7, 11) is 1.73. The molecule has 26 heavy (non-hydrogen) atoms. The van der Waals surface area contributed by atoms with Gasteiger partial charge in [0.05, 0.1) is 19.3 Å². The minimum Gasteiger partial charge on any atom is -0.480 e. The summed E-state index contributed by atoms with van der Waals surface area (Å²) in [6.45, 7) is 4.42. The Kier molecular flexibility index (Phi) is 7.84. The smallest absolute Gasteiger partial charge is 0.317 e. The van der Waals surface area contributed by atoms with E-state index in [-0.39, 0.29) is 30.5 Å². The molecule has 2 amide bonds. The van der Waals surface area contributed by atoms with Crippen LogP contribution in [-0.2, 0) is 19.1 Å². The van der Waals surface area contributed by atoms with E-state index in [4.69, 9.17) is 9.84 Å². The van der Waals surface area contributed by atoms with Crippen LogP contribution in [0.2, 0.25) is 0 Å². The monoisotopic (exact) mass is 369 g/mol. The number of carbonyl (C=O) groups is 3. The summed E-state index contributed by atoms with van der Waals surface area (Å²) in [5, 5.41) is 8.86. The van der Waals surface area contributed by atoms with Gasteiger partial charge in [0.2, 0.25) is 11.8 Å². The predicted octanol–water partition coefficient (Wildman–Crippen LogP) is 0.411. The maximum Gasteiger partial charge on any atom is 0.317 e. The van der Waals surface area contributed by atoms with Crippen LogP contribution in [0.1, 0.15) is 39.0 Å². The van der Waals surface area contributed by atoms with Crippen molar-refractivity contribution in [2.75, 3.05) is 46.4 Å². The molecule has 0 aromatic rings. The molecule has 0 saturated carbocycles. The van der Waals surface area contributed by atoms with Crippen LogP contribution in [0, 0.1) is 0 Å². The summed E-state index contributed by atoms with van der Waals surface area (Å²) in [6, 6.07) is -0.363. The Morgan fingerprint density at radius 3 is 2.69 bits per heavy atom. The molecule has 148 valence electrons. The van der Waals surface area contributed by atoms with Gasteiger partial charge < -0.3 is 19.6 Å². The van der Waals surface area contributed by atoms with Gasteiger partial charge >= 0.3 is 5.97 Å². The van der Waals surface area contributed by atoms with Crippen molar-refractivity contribution in [2.24, 2.45) is 0 Å². The highest BCUT2D eigenvalue weighted by Crippen LogP contribution is 2.21. The zero-order valence-electron chi connectivity index (χ0n) is 15.9. The number of morpholine rings is 1. The Bertz CT molecular complexity index is 513. The van der Waals surface area contributed by atoms with Gasteiger partial charge in [-0.05, 0) is 32.7 Å². The van der Waals surface area contributed by atoms with E-state index in [0.717, 1.165) is 25.7 Å². The van der Waals surface area contributed by atoms with Crippen LogP contribution >= 0.6 is 0 Å². The van der Waals surface area contributed by atoms with Gasteiger partial charge in [-0.1, -0.05) is 6.92 Å². The summed E-state index contributed by atoms with van der Waals surface area (Å²) >= 11 is 0. The van der Waals surface area contributed by atoms with E-state index in [1.165, 1.54) is 0 Å². The zero-order chi connectivity index (χ0) is 19.1. The first-order chi connectivity index (χ1) is 12.4. The van der Waals surface area contributed by atoms with Crippen LogP contribution in [0.15, 0.2) is 0 Å². The predicted molar refractivity (Wildman–Crippen MR) is 95.7 cm³/mol. The van der Waals surface area contributed by atoms with E-state index in [2.05, 4.69) is 0 Å². The summed E-state index contributed by atoms with van der Waals surface area (Å²) in [4.78, 5) is 41.4. The van der Waals surface area contributed by atoms with Gasteiger partial charge in [-0.2, -0.15) is 0 Å². The average molecular weight is 369 g/mol. The van der Waals surface area contributed by atoms with Gasteiger partial charge in [0.15, 0.2) is 0 Å². The fraction of sp³-hybridized carbons (Fsp3) is 0.833. The van der Waals surface area contributed by atoms with Gasteiger partial charge in [-0.25, -0.2) is 0 Å². The molecular weight excluding hydrogens is 338 g/mol. The molecule has 2 atom stereocenters. The molecule has 0 spiro atoms. The number of carboxylic acids is 1. The van der Waals surface area contributed by atoms with E-state index in [1.54, 1.807) is 21.7 Å². The lowest BCUT2D eigenvalue weighted by atomic mass is 9.99. The second-order valence-electron chi connectivity index (χ2n) is 7.22. The van der Waals surface area contributed by atoms with Crippen LogP contribution in [0.25, 0.3) is 0 Å². The maximum atomic E-state index is 13.1. The molecular formula is C18H31N3O5. The molecule has 2 fully saturated rings. The summed E-state index contributed by atoms with van der Waals surface area (Å²) in [5.41, 5.74) is 0. The van der Waals surface area contributed by atoms with E-state index < -0.39 is 5.97 Å². The zero-order valence-corrected chi connectivity index (χ0v) is 15.9. The molecule has 0 aromatic carbocycles. The van der Waals surface area contributed by atoms with Crippen molar-refractivity contribution >= 4 is 17.8 Å². The van der Waals surface area contributed by atoms with Gasteiger partial charge in [0.25, 0.3) is 0 Å². The highest BCUT2D eigenvalue weighted by atomic mass is 16.5. The van der Waals surface area contributed by atoms with Crippen LogP contribution in [0.5, 0.6) is 0 Å². The van der Waals surface area contributed by atoms with Crippen molar-refractivity contribution in [3.05, 3.63) is 0 Å². The maximum absolute atomic E-state index is 13.1. The number of carboxylic acid groups (broad SMARTS) is 1. The Morgan fingerprint density at radius 1 is 1.23 bits per heavy atom. The number of amides is 2. The lowest BCUT2D eigenvalue weighted by Gasteiger charge is -2.40. The number of hydrogen-bond donors (Lipinski definition) is 1. The van der Waals surface area contributed by atoms with Crippen molar-refractivity contribution < 1.29 is 24.2 Å². The normalized spacial score (nSPS) is 24.0. The molecule has 8 heteroatoms. The third-order valence-corrected chi connectivity index (χ3v) is 4.94. The van der Waals surface area contributed by atoms with Gasteiger partial charge in [-0.15, -0.1) is 0 Å². The number of nitrogens with zero attached hydrogens (tertiary/aromatic N) is 3. The molecule has 2 rings (SSSR count). The summed E-state index contributed by atoms with van der Waals surface area (Å²) in [6.07, 6.45) is 3.68. The lowest BCUT2D eigenvalue weighted by molar-refractivity contribution is -0.153. The van der Waals surface area contributed by atoms with Crippen molar-refractivity contribution in [1.29, 1.82) is 0 Å². The number of rotatable bonds is 7. The second-order valence-corrected chi connectivity index (χ2v) is 7.22. The average Bonchev–Trinajstić information content (AvgIpc) is 2.60. The van der Waals surface area contributed by atoms with Crippen molar-refractivity contribution in [1.82, 2.24) is 14.7 Å². The molecule has 2 heterocycles. The highest BCUT2D eigenvalue weighted by Gasteiger charge is 2.36. The third-order valence-electron chi connectivity index (χ3n) is 4.94. The first-order valence-electron chi connectivity index (χ1n) is 9.52. The Labute approximate surface area is 155 Å². The molecule has 0 radical (unpaired) electrons. The van der Waals surface area contributed by atoms with Crippen LogP contribution in [-0.4, -0.2) is 96.1 Å². The van der Waals surface area contributed by atoms with Crippen molar-refractivity contribution in [2.45, 2.75) is 51.2 Å². The minimum absolute atomic E-state index is 0.00309. The topological polar surface area (TPSA) is 90.4 Å². The molecule has 2 saturated heterocycles. The van der Waals surface area contributed by atoms with E-state index >= 15 is 0 Å². The Hall–Kier alpha value is -1.67. The first-order valence-corrected chi connectivity index (χ1v) is 9.52. The molecule has 0 bridgehead atoms. The molecule has 1 N–H and O–H groups in total. The Morgan fingerprint density at radius 2 is 2.00 bits per heavy atom. The van der Waals surface area contributed by atoms with Crippen LogP contribution in [0.4, 0.5) is 0 Å². The molecule has 2 unspecified atom stereocenters. The SMILES string of the molecule is CCCC(=O)N1CCCCC1C(=O)N1CCOC(CN(C)CC(=O)O)C1. The van der Waals surface area contributed by atoms with Gasteiger partial charge in [0, 0.05) is 32.6 Å². The highest BCUT2D eigenvalue weighted by molar-refractivity contribution is 5.88. The second kappa shape index (κ2) is 9.87. The van der Waals surface area contributed by atoms with Crippen molar-refractivity contribution in [3.8, 4) is 0 Å². The molecule has 8 nitrogen and oxygen atoms in total. The number of likely N-dealkylation sites (N-methyl/N-ethyl adjacent to an activating group) is 1. The number of aliphatic carboxylic acids is 1. The van der Waals surface area contributed by atoms with Gasteiger partial charge in [0.1, 0.15) is 6.04 Å². The van der Waals surface area contributed by atoms with E-state index in [9.17, 15) is 14.4 Å². The standard InChI is InChI=1S/C18H31N3O5/c1-3-6-16(22)21-8-5-4-7-15(21)18(25)20-9-10-26-14(12-20)11-19(2)13-17(23)24/h14-15H,3-13H2,1-2H3,(H,23,24). The molecule has 0 aromatic heterocycles. The third kappa shape index (κ3) is 5.67. The number of hydrogen-bond acceptors (Lipinski definition) is 5. The Balaban J connectivity index is 1.96. The minimum atomic E-state index is -0.886. The number of ether oxygens (including phenoxy) is 1. The van der Waals surface area contributed by atoms with Crippen LogP contribution in [0.3, 0.4) is 0 Å². The fourth-order valence-corrected chi connectivity index (χ4v) is 3.73. The number of piperidine rings is 1. The van der Waals surface area contributed by atoms with E-state index in [0.29, 0.717) is 39.2 Å². The quantitative estimate of drug-likeness (QED) is 0.699. The first kappa shape index (κ1) is 20.6. The van der Waals surface area contributed by atoms with E-state index in [1.807, 2.05) is 6.92 Å². The molecule has 2 aliphatic heterocycles. The largest absolute Gasteiger partial charge is 0.480 e. The molecule has 2 aliphatic rings. The fourth-order valence-electron chi connectivity index (χ4n) is 3.73.